The van der Waals surface area contributed by atoms with Crippen LogP contribution in [0.3, 0.4) is 0 Å². The second kappa shape index (κ2) is 11.0. The highest BCUT2D eigenvalue weighted by atomic mass is 16.5. The fourth-order valence-electron chi connectivity index (χ4n) is 4.82. The fourth-order valence-corrected chi connectivity index (χ4v) is 4.82. The number of methoxy groups -OCH3 is 1. The Kier molecular flexibility index (Phi) is 7.31. The van der Waals surface area contributed by atoms with E-state index in [0.29, 0.717) is 45.9 Å². The van der Waals surface area contributed by atoms with Crippen molar-refractivity contribution in [1.82, 2.24) is 30.0 Å². The van der Waals surface area contributed by atoms with Gasteiger partial charge in [-0.15, -0.1) is 5.10 Å². The summed E-state index contributed by atoms with van der Waals surface area (Å²) in [6.45, 7) is 6.19. The van der Waals surface area contributed by atoms with Gasteiger partial charge in [-0.05, 0) is 65.9 Å². The molecule has 194 valence electrons. The lowest BCUT2D eigenvalue weighted by atomic mass is 10.1. The molecule has 3 heterocycles. The van der Waals surface area contributed by atoms with Gasteiger partial charge < -0.3 is 19.3 Å². The number of piperazine rings is 1. The lowest BCUT2D eigenvalue weighted by Crippen LogP contribution is -2.50. The predicted molar refractivity (Wildman–Crippen MR) is 136 cm³/mol. The Bertz CT molecular complexity index is 1220. The van der Waals surface area contributed by atoms with E-state index in [1.165, 1.54) is 0 Å². The highest BCUT2D eigenvalue weighted by molar-refractivity contribution is 6.00. The zero-order valence-electron chi connectivity index (χ0n) is 21.1. The topological polar surface area (TPSA) is 106 Å². The van der Waals surface area contributed by atoms with E-state index in [9.17, 15) is 9.59 Å². The van der Waals surface area contributed by atoms with Crippen LogP contribution < -0.4 is 14.4 Å². The van der Waals surface area contributed by atoms with E-state index in [0.717, 1.165) is 28.7 Å². The molecule has 1 aromatic heterocycles. The van der Waals surface area contributed by atoms with Gasteiger partial charge in [0, 0.05) is 44.8 Å². The van der Waals surface area contributed by atoms with Gasteiger partial charge in [0.25, 0.3) is 0 Å². The molecular weight excluding hydrogens is 474 g/mol. The minimum absolute atomic E-state index is 0.0247. The summed E-state index contributed by atoms with van der Waals surface area (Å²) in [6, 6.07) is 15.0. The summed E-state index contributed by atoms with van der Waals surface area (Å²) in [5.41, 5.74) is 1.65. The number of carbonyl (C=O) groups excluding carboxylic acids is 2. The SMILES string of the molecule is CCOc1ccc(-n2nnnc2CN2CCN(C(=O)C3CC(=O)N(c4ccc(OC)cc4)C3)CC2)cc1. The Morgan fingerprint density at radius 2 is 1.65 bits per heavy atom. The van der Waals surface area contributed by atoms with Crippen molar-refractivity contribution in [2.45, 2.75) is 19.9 Å². The third-order valence-electron chi connectivity index (χ3n) is 6.83. The first-order valence-electron chi connectivity index (χ1n) is 12.5. The number of carbonyl (C=O) groups is 2. The maximum atomic E-state index is 13.2. The molecule has 1 unspecified atom stereocenters. The molecule has 0 radical (unpaired) electrons. The molecule has 3 aromatic rings. The molecule has 2 aliphatic rings. The number of benzene rings is 2. The zero-order chi connectivity index (χ0) is 25.8. The molecule has 5 rings (SSSR count). The van der Waals surface area contributed by atoms with Crippen LogP contribution in [0.1, 0.15) is 19.2 Å². The molecule has 11 heteroatoms. The van der Waals surface area contributed by atoms with Crippen molar-refractivity contribution in [3.05, 3.63) is 54.4 Å². The fraction of sp³-hybridized carbons (Fsp3) is 0.423. The Morgan fingerprint density at radius 3 is 2.32 bits per heavy atom. The molecule has 0 N–H and O–H groups in total. The van der Waals surface area contributed by atoms with Crippen LogP contribution in [0.15, 0.2) is 48.5 Å². The second-order valence-corrected chi connectivity index (χ2v) is 9.14. The monoisotopic (exact) mass is 505 g/mol. The molecule has 2 saturated heterocycles. The summed E-state index contributed by atoms with van der Waals surface area (Å²) in [5, 5.41) is 12.2. The summed E-state index contributed by atoms with van der Waals surface area (Å²) in [7, 11) is 1.61. The minimum atomic E-state index is -0.326. The number of aromatic nitrogens is 4. The quantitative estimate of drug-likeness (QED) is 0.456. The van der Waals surface area contributed by atoms with E-state index in [1.807, 2.05) is 60.4 Å². The predicted octanol–water partition coefficient (Wildman–Crippen LogP) is 1.77. The van der Waals surface area contributed by atoms with Crippen LogP contribution in [0.5, 0.6) is 11.5 Å². The molecule has 1 atom stereocenters. The number of nitrogens with zero attached hydrogens (tertiary/aromatic N) is 7. The third-order valence-corrected chi connectivity index (χ3v) is 6.83. The number of rotatable bonds is 8. The van der Waals surface area contributed by atoms with Gasteiger partial charge in [0.2, 0.25) is 11.8 Å². The summed E-state index contributed by atoms with van der Waals surface area (Å²) >= 11 is 0. The van der Waals surface area contributed by atoms with E-state index < -0.39 is 0 Å². The normalized spacial score (nSPS) is 18.3. The molecule has 2 aliphatic heterocycles. The number of ether oxygens (including phenoxy) is 2. The van der Waals surface area contributed by atoms with Crippen molar-refractivity contribution in [1.29, 1.82) is 0 Å². The number of hydrogen-bond donors (Lipinski definition) is 0. The van der Waals surface area contributed by atoms with E-state index in [4.69, 9.17) is 9.47 Å². The van der Waals surface area contributed by atoms with Crippen molar-refractivity contribution in [3.63, 3.8) is 0 Å². The van der Waals surface area contributed by atoms with Crippen LogP contribution in [0.4, 0.5) is 5.69 Å². The van der Waals surface area contributed by atoms with Gasteiger partial charge >= 0.3 is 0 Å². The molecule has 2 amide bonds. The lowest BCUT2D eigenvalue weighted by Gasteiger charge is -2.35. The molecule has 11 nitrogen and oxygen atoms in total. The standard InChI is InChI=1S/C26H31N7O4/c1-3-37-23-10-6-21(7-11-23)33-24(27-28-29-33)18-30-12-14-31(15-13-30)26(35)19-16-25(34)32(17-19)20-4-8-22(36-2)9-5-20/h4-11,19H,3,12-18H2,1-2H3. The van der Waals surface area contributed by atoms with Crippen LogP contribution in [-0.2, 0) is 16.1 Å². The Morgan fingerprint density at radius 1 is 0.973 bits per heavy atom. The average molecular weight is 506 g/mol. The molecule has 0 saturated carbocycles. The zero-order valence-corrected chi connectivity index (χ0v) is 21.1. The van der Waals surface area contributed by atoms with E-state index >= 15 is 0 Å². The van der Waals surface area contributed by atoms with Gasteiger partial charge in [-0.1, -0.05) is 0 Å². The summed E-state index contributed by atoms with van der Waals surface area (Å²) in [4.78, 5) is 31.7. The first-order chi connectivity index (χ1) is 18.1. The molecule has 37 heavy (non-hydrogen) atoms. The highest BCUT2D eigenvalue weighted by Crippen LogP contribution is 2.28. The second-order valence-electron chi connectivity index (χ2n) is 9.14. The minimum Gasteiger partial charge on any atom is -0.497 e. The van der Waals surface area contributed by atoms with Crippen LogP contribution in [0.2, 0.25) is 0 Å². The highest BCUT2D eigenvalue weighted by Gasteiger charge is 2.38. The van der Waals surface area contributed by atoms with Gasteiger partial charge in [-0.25, -0.2) is 0 Å². The molecular formula is C26H31N7O4. The van der Waals surface area contributed by atoms with Gasteiger partial charge in [-0.3, -0.25) is 14.5 Å². The van der Waals surface area contributed by atoms with Crippen LogP contribution in [0, 0.1) is 5.92 Å². The third kappa shape index (κ3) is 5.41. The molecule has 2 aromatic carbocycles. The van der Waals surface area contributed by atoms with Gasteiger partial charge in [0.05, 0.1) is 31.9 Å². The molecule has 2 fully saturated rings. The molecule has 0 bridgehead atoms. The maximum absolute atomic E-state index is 13.2. The number of tetrazole rings is 1. The molecule has 0 spiro atoms. The van der Waals surface area contributed by atoms with Crippen LogP contribution >= 0.6 is 0 Å². The van der Waals surface area contributed by atoms with Crippen LogP contribution in [-0.4, -0.2) is 88.3 Å². The van der Waals surface area contributed by atoms with Crippen molar-refractivity contribution in [3.8, 4) is 17.2 Å². The lowest BCUT2D eigenvalue weighted by molar-refractivity contribution is -0.137. The van der Waals surface area contributed by atoms with Gasteiger partial charge in [0.1, 0.15) is 11.5 Å². The first kappa shape index (κ1) is 24.7. The van der Waals surface area contributed by atoms with E-state index in [-0.39, 0.29) is 24.2 Å². The van der Waals surface area contributed by atoms with E-state index in [1.54, 1.807) is 16.7 Å². The van der Waals surface area contributed by atoms with Gasteiger partial charge in [-0.2, -0.15) is 4.68 Å². The Balaban J connectivity index is 1.15. The maximum Gasteiger partial charge on any atom is 0.228 e. The van der Waals surface area contributed by atoms with Gasteiger partial charge in [0.15, 0.2) is 5.82 Å². The largest absolute Gasteiger partial charge is 0.497 e. The van der Waals surface area contributed by atoms with Crippen molar-refractivity contribution in [2.75, 3.05) is 51.3 Å². The molecule has 0 aliphatic carbocycles. The Labute approximate surface area is 215 Å². The van der Waals surface area contributed by atoms with Crippen molar-refractivity contribution >= 4 is 17.5 Å². The number of hydrogen-bond acceptors (Lipinski definition) is 8. The van der Waals surface area contributed by atoms with Crippen molar-refractivity contribution < 1.29 is 19.1 Å². The first-order valence-corrected chi connectivity index (χ1v) is 12.5. The Hall–Kier alpha value is -3.99. The summed E-state index contributed by atoms with van der Waals surface area (Å²) in [5.74, 6) is 1.97. The average Bonchev–Trinajstić information content (AvgIpc) is 3.56. The smallest absolute Gasteiger partial charge is 0.228 e. The van der Waals surface area contributed by atoms with E-state index in [2.05, 4.69) is 20.4 Å². The number of anilines is 1. The summed E-state index contributed by atoms with van der Waals surface area (Å²) in [6.07, 6.45) is 0.238. The van der Waals surface area contributed by atoms with Crippen molar-refractivity contribution in [2.24, 2.45) is 5.92 Å². The summed E-state index contributed by atoms with van der Waals surface area (Å²) < 4.78 is 12.4. The number of amides is 2. The van der Waals surface area contributed by atoms with Crippen LogP contribution in [0.25, 0.3) is 5.69 Å².